The predicted molar refractivity (Wildman–Crippen MR) is 90.8 cm³/mol. The summed E-state index contributed by atoms with van der Waals surface area (Å²) in [7, 11) is 1.60. The molecule has 3 aromatic rings. The maximum Gasteiger partial charge on any atom is 0.269 e. The molecule has 1 heterocycles. The van der Waals surface area contributed by atoms with E-state index in [0.29, 0.717) is 17.6 Å². The lowest BCUT2D eigenvalue weighted by atomic mass is 10.2. The lowest BCUT2D eigenvalue weighted by Gasteiger charge is -2.10. The SMILES string of the molecule is COc1cccc(CNC(=O)Cn2c(=O)cnc3ccccc32)c1. The van der Waals surface area contributed by atoms with Gasteiger partial charge in [0.1, 0.15) is 12.3 Å². The number of amides is 1. The molecular formula is C18H17N3O3. The Kier molecular flexibility index (Phi) is 4.56. The number of para-hydroxylation sites is 2. The summed E-state index contributed by atoms with van der Waals surface area (Å²) < 4.78 is 6.58. The predicted octanol–water partition coefficient (Wildman–Crippen LogP) is 1.72. The van der Waals surface area contributed by atoms with Crippen LogP contribution < -0.4 is 15.6 Å². The van der Waals surface area contributed by atoms with Gasteiger partial charge < -0.3 is 10.1 Å². The monoisotopic (exact) mass is 323 g/mol. The van der Waals surface area contributed by atoms with Gasteiger partial charge >= 0.3 is 0 Å². The normalized spacial score (nSPS) is 10.5. The number of methoxy groups -OCH3 is 1. The number of carbonyl (C=O) groups is 1. The molecule has 1 amide bonds. The van der Waals surface area contributed by atoms with E-state index >= 15 is 0 Å². The minimum atomic E-state index is -0.301. The van der Waals surface area contributed by atoms with Gasteiger partial charge in [-0.05, 0) is 29.8 Å². The zero-order valence-electron chi connectivity index (χ0n) is 13.2. The number of nitrogens with one attached hydrogen (secondary N) is 1. The van der Waals surface area contributed by atoms with E-state index in [1.807, 2.05) is 36.4 Å². The second-order valence-corrected chi connectivity index (χ2v) is 5.30. The van der Waals surface area contributed by atoms with Crippen LogP contribution in [0.4, 0.5) is 0 Å². The Morgan fingerprint density at radius 2 is 2.04 bits per heavy atom. The number of hydrogen-bond acceptors (Lipinski definition) is 4. The van der Waals surface area contributed by atoms with Crippen LogP contribution in [-0.4, -0.2) is 22.6 Å². The van der Waals surface area contributed by atoms with E-state index in [2.05, 4.69) is 10.3 Å². The van der Waals surface area contributed by atoms with Crippen molar-refractivity contribution in [2.45, 2.75) is 13.1 Å². The average Bonchev–Trinajstić information content (AvgIpc) is 2.62. The molecule has 2 aromatic carbocycles. The van der Waals surface area contributed by atoms with Gasteiger partial charge in [0.05, 0.1) is 24.3 Å². The van der Waals surface area contributed by atoms with Gasteiger partial charge in [0, 0.05) is 6.54 Å². The van der Waals surface area contributed by atoms with Crippen LogP contribution in [0.3, 0.4) is 0 Å². The maximum atomic E-state index is 12.2. The van der Waals surface area contributed by atoms with Crippen molar-refractivity contribution in [2.75, 3.05) is 7.11 Å². The van der Waals surface area contributed by atoms with E-state index in [0.717, 1.165) is 11.3 Å². The molecule has 6 heteroatoms. The zero-order valence-corrected chi connectivity index (χ0v) is 13.2. The van der Waals surface area contributed by atoms with E-state index in [9.17, 15) is 9.59 Å². The number of aromatic nitrogens is 2. The quantitative estimate of drug-likeness (QED) is 0.776. The summed E-state index contributed by atoms with van der Waals surface area (Å²) in [5, 5.41) is 2.82. The van der Waals surface area contributed by atoms with Crippen LogP contribution in [0.5, 0.6) is 5.75 Å². The van der Waals surface area contributed by atoms with E-state index in [1.165, 1.54) is 10.8 Å². The second-order valence-electron chi connectivity index (χ2n) is 5.30. The molecule has 24 heavy (non-hydrogen) atoms. The van der Waals surface area contributed by atoms with Crippen LogP contribution >= 0.6 is 0 Å². The Morgan fingerprint density at radius 3 is 2.88 bits per heavy atom. The minimum Gasteiger partial charge on any atom is -0.497 e. The second kappa shape index (κ2) is 6.95. The third kappa shape index (κ3) is 3.43. The summed E-state index contributed by atoms with van der Waals surface area (Å²) in [6.07, 6.45) is 1.23. The van der Waals surface area contributed by atoms with Crippen molar-refractivity contribution >= 4 is 16.9 Å². The number of hydrogen-bond donors (Lipinski definition) is 1. The first-order valence-electron chi connectivity index (χ1n) is 7.51. The Balaban J connectivity index is 1.73. The molecule has 0 spiro atoms. The molecule has 1 aromatic heterocycles. The molecule has 6 nitrogen and oxygen atoms in total. The smallest absolute Gasteiger partial charge is 0.269 e. The molecular weight excluding hydrogens is 306 g/mol. The Hall–Kier alpha value is -3.15. The molecule has 1 N–H and O–H groups in total. The Bertz CT molecular complexity index is 934. The molecule has 0 atom stereocenters. The molecule has 0 unspecified atom stereocenters. The number of rotatable bonds is 5. The van der Waals surface area contributed by atoms with Gasteiger partial charge in [0.15, 0.2) is 0 Å². The fourth-order valence-corrected chi connectivity index (χ4v) is 2.46. The third-order valence-corrected chi connectivity index (χ3v) is 3.68. The molecule has 0 aliphatic heterocycles. The summed E-state index contributed by atoms with van der Waals surface area (Å²) in [6, 6.07) is 14.7. The van der Waals surface area contributed by atoms with Crippen molar-refractivity contribution in [3.63, 3.8) is 0 Å². The van der Waals surface area contributed by atoms with Crippen molar-refractivity contribution in [1.82, 2.24) is 14.9 Å². The van der Waals surface area contributed by atoms with Crippen molar-refractivity contribution in [3.8, 4) is 5.75 Å². The van der Waals surface area contributed by atoms with E-state index in [1.54, 1.807) is 19.2 Å². The van der Waals surface area contributed by atoms with Crippen LogP contribution in [0, 0.1) is 0 Å². The molecule has 0 saturated carbocycles. The highest BCUT2D eigenvalue weighted by Gasteiger charge is 2.08. The van der Waals surface area contributed by atoms with Crippen LogP contribution in [0.1, 0.15) is 5.56 Å². The van der Waals surface area contributed by atoms with Gasteiger partial charge in [-0.1, -0.05) is 24.3 Å². The average molecular weight is 323 g/mol. The third-order valence-electron chi connectivity index (χ3n) is 3.68. The Morgan fingerprint density at radius 1 is 1.21 bits per heavy atom. The van der Waals surface area contributed by atoms with Crippen LogP contribution in [0.2, 0.25) is 0 Å². The lowest BCUT2D eigenvalue weighted by Crippen LogP contribution is -2.32. The van der Waals surface area contributed by atoms with Crippen molar-refractivity contribution in [2.24, 2.45) is 0 Å². The van der Waals surface area contributed by atoms with Crippen molar-refractivity contribution in [1.29, 1.82) is 0 Å². The van der Waals surface area contributed by atoms with Crippen molar-refractivity contribution in [3.05, 3.63) is 70.6 Å². The molecule has 0 aliphatic carbocycles. The van der Waals surface area contributed by atoms with Gasteiger partial charge in [-0.25, -0.2) is 4.98 Å². The van der Waals surface area contributed by atoms with Crippen LogP contribution in [0.25, 0.3) is 11.0 Å². The maximum absolute atomic E-state index is 12.2. The first kappa shape index (κ1) is 15.7. The van der Waals surface area contributed by atoms with Gasteiger partial charge in [0.25, 0.3) is 5.56 Å². The summed E-state index contributed by atoms with van der Waals surface area (Å²) >= 11 is 0. The largest absolute Gasteiger partial charge is 0.497 e. The highest BCUT2D eigenvalue weighted by molar-refractivity contribution is 5.79. The van der Waals surface area contributed by atoms with Gasteiger partial charge in [-0.15, -0.1) is 0 Å². The molecule has 0 fully saturated rings. The zero-order chi connectivity index (χ0) is 16.9. The minimum absolute atomic E-state index is 0.0498. The van der Waals surface area contributed by atoms with E-state index < -0.39 is 0 Å². The number of ether oxygens (including phenoxy) is 1. The number of carbonyl (C=O) groups excluding carboxylic acids is 1. The molecule has 0 saturated heterocycles. The first-order chi connectivity index (χ1) is 11.7. The van der Waals surface area contributed by atoms with E-state index in [-0.39, 0.29) is 18.0 Å². The molecule has 0 bridgehead atoms. The van der Waals surface area contributed by atoms with Gasteiger partial charge in [0.2, 0.25) is 5.91 Å². The Labute approximate surface area is 138 Å². The number of nitrogens with zero attached hydrogens (tertiary/aromatic N) is 2. The molecule has 3 rings (SSSR count). The molecule has 0 aliphatic rings. The van der Waals surface area contributed by atoms with Crippen LogP contribution in [0.15, 0.2) is 59.5 Å². The lowest BCUT2D eigenvalue weighted by molar-refractivity contribution is -0.121. The summed E-state index contributed by atoms with van der Waals surface area (Å²) in [5.74, 6) is 0.495. The first-order valence-corrected chi connectivity index (χ1v) is 7.51. The highest BCUT2D eigenvalue weighted by Crippen LogP contribution is 2.12. The van der Waals surface area contributed by atoms with Gasteiger partial charge in [-0.3, -0.25) is 14.2 Å². The molecule has 122 valence electrons. The summed E-state index contributed by atoms with van der Waals surface area (Å²) in [5.41, 5.74) is 1.94. The summed E-state index contributed by atoms with van der Waals surface area (Å²) in [6.45, 7) is 0.319. The van der Waals surface area contributed by atoms with Gasteiger partial charge in [-0.2, -0.15) is 0 Å². The standard InChI is InChI=1S/C18H17N3O3/c1-24-14-6-4-5-13(9-14)10-20-17(22)12-21-16-8-3-2-7-15(16)19-11-18(21)23/h2-9,11H,10,12H2,1H3,(H,20,22). The van der Waals surface area contributed by atoms with Crippen LogP contribution in [-0.2, 0) is 17.9 Å². The highest BCUT2D eigenvalue weighted by atomic mass is 16.5. The number of benzene rings is 2. The topological polar surface area (TPSA) is 73.2 Å². The van der Waals surface area contributed by atoms with E-state index in [4.69, 9.17) is 4.74 Å². The van der Waals surface area contributed by atoms with Crippen molar-refractivity contribution < 1.29 is 9.53 Å². The summed E-state index contributed by atoms with van der Waals surface area (Å²) in [4.78, 5) is 28.3. The fourth-order valence-electron chi connectivity index (χ4n) is 2.46. The fraction of sp³-hybridized carbons (Fsp3) is 0.167. The molecule has 0 radical (unpaired) electrons. The number of fused-ring (bicyclic) bond motifs is 1.